The van der Waals surface area contributed by atoms with Gasteiger partial charge in [-0.25, -0.2) is 0 Å². The van der Waals surface area contributed by atoms with Crippen molar-refractivity contribution in [2.24, 2.45) is 0 Å². The van der Waals surface area contributed by atoms with Crippen molar-refractivity contribution in [1.29, 1.82) is 10.5 Å². The van der Waals surface area contributed by atoms with Gasteiger partial charge >= 0.3 is 0 Å². The van der Waals surface area contributed by atoms with E-state index in [1.54, 1.807) is 0 Å². The van der Waals surface area contributed by atoms with Gasteiger partial charge in [-0.2, -0.15) is 10.5 Å². The molecule has 0 radical (unpaired) electrons. The normalized spacial score (nSPS) is 10.8. The molecule has 0 saturated heterocycles. The molecule has 0 aliphatic carbocycles. The molecule has 6 heteroatoms. The lowest BCUT2D eigenvalue weighted by Gasteiger charge is -2.27. The Labute approximate surface area is 527 Å². The molecule has 6 nitrogen and oxygen atoms in total. The molecule has 0 saturated carbocycles. The maximum atomic E-state index is 9.29. The first-order valence-electron chi connectivity index (χ1n) is 30.1. The van der Waals surface area contributed by atoms with E-state index >= 15 is 0 Å². The number of hydrogen-bond acceptors (Lipinski definition) is 6. The van der Waals surface area contributed by atoms with Crippen LogP contribution < -0.4 is 19.6 Å². The van der Waals surface area contributed by atoms with Crippen molar-refractivity contribution >= 4 is 78.4 Å². The maximum absolute atomic E-state index is 9.29. The minimum absolute atomic E-state index is 0.653. The molecule has 0 fully saturated rings. The van der Waals surface area contributed by atoms with Crippen LogP contribution in [0.25, 0.3) is 66.1 Å². The summed E-state index contributed by atoms with van der Waals surface area (Å²) in [4.78, 5) is 8.93. The van der Waals surface area contributed by atoms with Crippen LogP contribution in [0.1, 0.15) is 11.1 Å². The van der Waals surface area contributed by atoms with Crippen LogP contribution in [0.5, 0.6) is 0 Å². The summed E-state index contributed by atoms with van der Waals surface area (Å²) in [5.41, 5.74) is 21.5. The highest BCUT2D eigenvalue weighted by Crippen LogP contribution is 2.43. The Kier molecular flexibility index (Phi) is 16.5. The third kappa shape index (κ3) is 12.3. The van der Waals surface area contributed by atoms with Crippen LogP contribution in [-0.2, 0) is 0 Å². The summed E-state index contributed by atoms with van der Waals surface area (Å²) in [6.07, 6.45) is 0. The number of nitrogens with zero attached hydrogens (tertiary/aromatic N) is 6. The minimum atomic E-state index is 0.653. The van der Waals surface area contributed by atoms with Crippen LogP contribution in [0, 0.1) is 22.7 Å². The summed E-state index contributed by atoms with van der Waals surface area (Å²) < 4.78 is 0. The second-order valence-corrected chi connectivity index (χ2v) is 22.1. The van der Waals surface area contributed by atoms with Gasteiger partial charge in [0.1, 0.15) is 0 Å². The largest absolute Gasteiger partial charge is 0.345 e. The van der Waals surface area contributed by atoms with Crippen LogP contribution in [0.4, 0.5) is 56.9 Å². The maximum Gasteiger partial charge on any atom is 0.0992 e. The van der Waals surface area contributed by atoms with Crippen LogP contribution in [-0.4, -0.2) is 14.1 Å². The molecule has 0 atom stereocenters. The van der Waals surface area contributed by atoms with Crippen molar-refractivity contribution in [2.45, 2.75) is 0 Å². The van der Waals surface area contributed by atoms with E-state index in [0.717, 1.165) is 79.1 Å². The van der Waals surface area contributed by atoms with Crippen molar-refractivity contribution in [3.05, 3.63) is 351 Å². The van der Waals surface area contributed by atoms with Gasteiger partial charge < -0.3 is 19.6 Å². The Morgan fingerprint density at radius 2 is 0.533 bits per heavy atom. The average molecular weight is 1160 g/mol. The van der Waals surface area contributed by atoms with E-state index in [1.807, 2.05) is 62.6 Å². The van der Waals surface area contributed by atoms with Gasteiger partial charge in [0.2, 0.25) is 0 Å². The van der Waals surface area contributed by atoms with Crippen molar-refractivity contribution in [3.8, 4) is 56.6 Å². The predicted molar refractivity (Wildman–Crippen MR) is 377 cm³/mol. The van der Waals surface area contributed by atoms with Crippen molar-refractivity contribution in [1.82, 2.24) is 0 Å². The number of fused-ring (bicyclic) bond motifs is 2. The molecule has 0 spiro atoms. The number of nitriles is 2. The molecular weight excluding hydrogens is 1090 g/mol. The van der Waals surface area contributed by atoms with Crippen LogP contribution in [0.15, 0.2) is 340 Å². The van der Waals surface area contributed by atoms with Gasteiger partial charge in [-0.15, -0.1) is 0 Å². The fraction of sp³-hybridized carbons (Fsp3) is 0.0238. The molecule has 0 heterocycles. The van der Waals surface area contributed by atoms with Gasteiger partial charge in [0.25, 0.3) is 0 Å². The van der Waals surface area contributed by atoms with Crippen LogP contribution >= 0.6 is 0 Å². The van der Waals surface area contributed by atoms with Gasteiger partial charge in [-0.1, -0.05) is 212 Å². The number of rotatable bonds is 14. The van der Waals surface area contributed by atoms with Crippen molar-refractivity contribution in [2.75, 3.05) is 33.7 Å². The van der Waals surface area contributed by atoms with Gasteiger partial charge in [0.05, 0.1) is 34.6 Å². The molecule has 14 aromatic rings. The molecule has 90 heavy (non-hydrogen) atoms. The molecule has 0 amide bonds. The highest BCUT2D eigenvalue weighted by atomic mass is 15.2. The highest BCUT2D eigenvalue weighted by Gasteiger charge is 2.19. The molecular formula is C84H62N6. The minimum Gasteiger partial charge on any atom is -0.345 e. The molecule has 0 unspecified atom stereocenters. The monoisotopic (exact) mass is 1150 g/mol. The van der Waals surface area contributed by atoms with Gasteiger partial charge in [-0.3, -0.25) is 0 Å². The second-order valence-electron chi connectivity index (χ2n) is 22.1. The Bertz CT molecular complexity index is 4850. The lowest BCUT2D eigenvalue weighted by atomic mass is 10.0. The lowest BCUT2D eigenvalue weighted by Crippen LogP contribution is -2.10. The van der Waals surface area contributed by atoms with Crippen molar-refractivity contribution in [3.63, 3.8) is 0 Å². The molecule has 0 N–H and O–H groups in total. The molecule has 14 rings (SSSR count). The Hall–Kier alpha value is -12.2. The SMILES string of the molecule is CN(c1ccc(-c2ccc(N(c3cccc(-c4ccccc4)c3)c3cccc4ccccc34)cc2)cc1)c1cccc(C#N)c1.CN(c1ccc(C#N)cc1)c1ccc(-c2ccc(N(c3cccc(-c4ccccc4)c3)c3cccc4ccccc34)cc2)cc1. The van der Waals surface area contributed by atoms with Crippen molar-refractivity contribution < 1.29 is 0 Å². The zero-order chi connectivity index (χ0) is 61.2. The number of hydrogen-bond donors (Lipinski definition) is 0. The van der Waals surface area contributed by atoms with Crippen LogP contribution in [0.3, 0.4) is 0 Å². The Morgan fingerprint density at radius 1 is 0.222 bits per heavy atom. The molecule has 428 valence electrons. The Balaban J connectivity index is 0.000000165. The van der Waals surface area contributed by atoms with Gasteiger partial charge in [0.15, 0.2) is 0 Å². The standard InChI is InChI=1S/2C42H31N3/c1-44(39-16-7-10-31(28-39)30-43)37-24-20-33(21-25-37)34-22-26-38(27-23-34)45(42-19-9-14-35-13-5-6-18-41(35)42)40-17-8-15-36(29-40)32-11-3-2-4-12-32;1-44(37-23-17-31(30-43)18-24-37)38-25-19-33(20-26-38)34-21-27-39(28-22-34)45(42-16-8-12-35-11-5-6-15-41(35)42)40-14-7-13-36(29-40)32-9-3-2-4-10-32/h2*2-29H,1H3. The van der Waals surface area contributed by atoms with E-state index in [9.17, 15) is 5.26 Å². The van der Waals surface area contributed by atoms with E-state index in [2.05, 4.69) is 323 Å². The zero-order valence-electron chi connectivity index (χ0n) is 50.0. The molecule has 14 aromatic carbocycles. The number of anilines is 10. The quantitative estimate of drug-likeness (QED) is 0.108. The van der Waals surface area contributed by atoms with E-state index < -0.39 is 0 Å². The fourth-order valence-corrected chi connectivity index (χ4v) is 11.8. The summed E-state index contributed by atoms with van der Waals surface area (Å²) >= 11 is 0. The topological polar surface area (TPSA) is 60.5 Å². The molecule has 0 aromatic heterocycles. The van der Waals surface area contributed by atoms with E-state index in [4.69, 9.17) is 5.26 Å². The Morgan fingerprint density at radius 3 is 0.956 bits per heavy atom. The van der Waals surface area contributed by atoms with E-state index in [1.165, 1.54) is 43.8 Å². The lowest BCUT2D eigenvalue weighted by molar-refractivity contribution is 1.21. The molecule has 0 aliphatic rings. The third-order valence-electron chi connectivity index (χ3n) is 16.6. The summed E-state index contributed by atoms with van der Waals surface area (Å²) in [6, 6.07) is 123. The first kappa shape index (κ1) is 56.9. The third-order valence-corrected chi connectivity index (χ3v) is 16.6. The first-order valence-corrected chi connectivity index (χ1v) is 30.1. The average Bonchev–Trinajstić information content (AvgIpc) is 1.05. The smallest absolute Gasteiger partial charge is 0.0992 e. The van der Waals surface area contributed by atoms with Crippen LogP contribution in [0.2, 0.25) is 0 Å². The van der Waals surface area contributed by atoms with E-state index in [-0.39, 0.29) is 0 Å². The van der Waals surface area contributed by atoms with E-state index in [0.29, 0.717) is 11.1 Å². The summed E-state index contributed by atoms with van der Waals surface area (Å²) in [5, 5.41) is 23.2. The zero-order valence-corrected chi connectivity index (χ0v) is 50.0. The summed E-state index contributed by atoms with van der Waals surface area (Å²) in [5.74, 6) is 0. The van der Waals surface area contributed by atoms with Gasteiger partial charge in [-0.05, 0) is 183 Å². The van der Waals surface area contributed by atoms with Gasteiger partial charge in [0, 0.05) is 70.4 Å². The summed E-state index contributed by atoms with van der Waals surface area (Å²) in [7, 11) is 4.06. The molecule has 0 aliphatic heterocycles. The number of benzene rings is 14. The highest BCUT2D eigenvalue weighted by molar-refractivity contribution is 6.01. The first-order chi connectivity index (χ1) is 44.3. The predicted octanol–water partition coefficient (Wildman–Crippen LogP) is 22.6. The fourth-order valence-electron chi connectivity index (χ4n) is 11.8. The molecule has 0 bridgehead atoms. The summed E-state index contributed by atoms with van der Waals surface area (Å²) in [6.45, 7) is 0. The second kappa shape index (κ2) is 26.2.